The van der Waals surface area contributed by atoms with Gasteiger partial charge in [0.05, 0.1) is 11.0 Å². The lowest BCUT2D eigenvalue weighted by atomic mass is 10.2. The number of hydrogen-bond acceptors (Lipinski definition) is 5. The van der Waals surface area contributed by atoms with Crippen LogP contribution in [-0.4, -0.2) is 40.0 Å². The molecule has 1 aliphatic rings. The third kappa shape index (κ3) is 2.87. The van der Waals surface area contributed by atoms with Crippen molar-refractivity contribution < 1.29 is 8.42 Å². The van der Waals surface area contributed by atoms with Crippen LogP contribution in [-0.2, 0) is 16.6 Å². The van der Waals surface area contributed by atoms with E-state index in [1.807, 2.05) is 6.07 Å². The first-order valence-corrected chi connectivity index (χ1v) is 8.94. The maximum atomic E-state index is 12.8. The zero-order valence-electron chi connectivity index (χ0n) is 12.6. The van der Waals surface area contributed by atoms with Crippen molar-refractivity contribution in [3.8, 4) is 6.07 Å². The number of pyridine rings is 1. The second-order valence-electron chi connectivity index (χ2n) is 5.51. The van der Waals surface area contributed by atoms with E-state index < -0.39 is 15.7 Å². The van der Waals surface area contributed by atoms with Crippen molar-refractivity contribution in [2.24, 2.45) is 0 Å². The maximum absolute atomic E-state index is 12.8. The summed E-state index contributed by atoms with van der Waals surface area (Å²) in [7, 11) is -3.63. The number of rotatable bonds is 3. The van der Waals surface area contributed by atoms with Gasteiger partial charge in [-0.2, -0.15) is 14.2 Å². The first kappa shape index (κ1) is 15.7. The number of aromatic nitrogens is 3. The van der Waals surface area contributed by atoms with Gasteiger partial charge < -0.3 is 0 Å². The molecule has 0 unspecified atom stereocenters. The predicted octanol–water partition coefficient (Wildman–Crippen LogP) is 0.584. The molecule has 0 amide bonds. The van der Waals surface area contributed by atoms with Crippen LogP contribution in [0.1, 0.15) is 25.7 Å². The highest BCUT2D eigenvalue weighted by Crippen LogP contribution is 2.20. The Morgan fingerprint density at radius 1 is 1.17 bits per heavy atom. The van der Waals surface area contributed by atoms with Crippen LogP contribution in [0.2, 0.25) is 0 Å². The van der Waals surface area contributed by atoms with Crippen LogP contribution >= 0.6 is 0 Å². The zero-order valence-corrected chi connectivity index (χ0v) is 13.4. The molecule has 2 aromatic heterocycles. The lowest BCUT2D eigenvalue weighted by Gasteiger charge is -2.19. The van der Waals surface area contributed by atoms with Crippen LogP contribution < -0.4 is 5.69 Å². The molecule has 8 nitrogen and oxygen atoms in total. The average Bonchev–Trinajstić information content (AvgIpc) is 2.74. The summed E-state index contributed by atoms with van der Waals surface area (Å²) in [5.74, 6) is 0. The summed E-state index contributed by atoms with van der Waals surface area (Å²) >= 11 is 0. The summed E-state index contributed by atoms with van der Waals surface area (Å²) in [5, 5.41) is 12.7. The molecule has 0 saturated carbocycles. The Kier molecular flexibility index (Phi) is 4.19. The van der Waals surface area contributed by atoms with E-state index in [0.29, 0.717) is 18.7 Å². The van der Waals surface area contributed by atoms with Crippen LogP contribution in [0, 0.1) is 11.3 Å². The van der Waals surface area contributed by atoms with Crippen LogP contribution in [0.25, 0.3) is 5.65 Å². The zero-order chi connectivity index (χ0) is 16.4. The van der Waals surface area contributed by atoms with E-state index in [4.69, 9.17) is 5.26 Å². The first-order chi connectivity index (χ1) is 11.0. The maximum Gasteiger partial charge on any atom is 0.351 e. The van der Waals surface area contributed by atoms with Crippen molar-refractivity contribution in [1.29, 1.82) is 5.26 Å². The highest BCUT2D eigenvalue weighted by Gasteiger charge is 2.26. The van der Waals surface area contributed by atoms with Gasteiger partial charge in [-0.15, -0.1) is 5.10 Å². The molecule has 3 rings (SSSR count). The molecular formula is C14H17N5O3S. The summed E-state index contributed by atoms with van der Waals surface area (Å²) in [6, 6.07) is 4.79. The highest BCUT2D eigenvalue weighted by atomic mass is 32.2. The fourth-order valence-corrected chi connectivity index (χ4v) is 4.27. The normalized spacial score (nSPS) is 17.0. The molecule has 0 aromatic carbocycles. The monoisotopic (exact) mass is 335 g/mol. The van der Waals surface area contributed by atoms with Gasteiger partial charge in [-0.3, -0.25) is 0 Å². The summed E-state index contributed by atoms with van der Waals surface area (Å²) < 4.78 is 29.2. The fraction of sp³-hybridized carbons (Fsp3) is 0.500. The smallest absolute Gasteiger partial charge is 0.249 e. The third-order valence-corrected chi connectivity index (χ3v) is 5.86. The number of sulfonamides is 1. The van der Waals surface area contributed by atoms with Crippen molar-refractivity contribution in [3.63, 3.8) is 0 Å². The molecule has 0 bridgehead atoms. The van der Waals surface area contributed by atoms with Crippen LogP contribution in [0.5, 0.6) is 0 Å². The lowest BCUT2D eigenvalue weighted by Crippen LogP contribution is -2.32. The predicted molar refractivity (Wildman–Crippen MR) is 82.3 cm³/mol. The van der Waals surface area contributed by atoms with Gasteiger partial charge >= 0.3 is 5.69 Å². The first-order valence-electron chi connectivity index (χ1n) is 7.50. The molecule has 0 N–H and O–H groups in total. The highest BCUT2D eigenvalue weighted by molar-refractivity contribution is 7.89. The molecule has 0 aliphatic carbocycles. The molecule has 0 spiro atoms. The molecule has 3 heterocycles. The Morgan fingerprint density at radius 3 is 2.52 bits per heavy atom. The summed E-state index contributed by atoms with van der Waals surface area (Å²) in [5.41, 5.74) is -0.200. The molecule has 23 heavy (non-hydrogen) atoms. The largest absolute Gasteiger partial charge is 0.351 e. The number of hydrogen-bond donors (Lipinski definition) is 0. The standard InChI is InChI=1S/C14H17N5O3S/c15-7-10-19-14(20)18-11-12(5-6-13(18)16-19)23(21,22)17-8-3-1-2-4-9-17/h5-6,11H,1-4,8-10H2. The van der Waals surface area contributed by atoms with E-state index in [1.54, 1.807) is 0 Å². The molecular weight excluding hydrogens is 318 g/mol. The summed E-state index contributed by atoms with van der Waals surface area (Å²) in [4.78, 5) is 12.2. The fourth-order valence-electron chi connectivity index (χ4n) is 2.75. The SMILES string of the molecule is N#CCn1nc2ccc(S(=O)(=O)N3CCCCCC3)cn2c1=O. The van der Waals surface area contributed by atoms with Crippen molar-refractivity contribution in [3.05, 3.63) is 28.8 Å². The van der Waals surface area contributed by atoms with Gasteiger partial charge in [0.15, 0.2) is 5.65 Å². The van der Waals surface area contributed by atoms with Crippen LogP contribution in [0.15, 0.2) is 28.0 Å². The van der Waals surface area contributed by atoms with E-state index >= 15 is 0 Å². The van der Waals surface area contributed by atoms with Gasteiger partial charge in [-0.25, -0.2) is 17.6 Å². The molecule has 1 saturated heterocycles. The van der Waals surface area contributed by atoms with Crippen molar-refractivity contribution >= 4 is 15.7 Å². The van der Waals surface area contributed by atoms with Crippen LogP contribution in [0.4, 0.5) is 0 Å². The Balaban J connectivity index is 2.04. The van der Waals surface area contributed by atoms with Gasteiger partial charge in [-0.1, -0.05) is 12.8 Å². The Hall–Kier alpha value is -2.18. The molecule has 9 heteroatoms. The Labute approximate surface area is 133 Å². The average molecular weight is 335 g/mol. The van der Waals surface area contributed by atoms with Crippen molar-refractivity contribution in [2.45, 2.75) is 37.1 Å². The number of nitrogens with zero attached hydrogens (tertiary/aromatic N) is 5. The van der Waals surface area contributed by atoms with Gasteiger partial charge in [0.1, 0.15) is 6.54 Å². The van der Waals surface area contributed by atoms with E-state index in [0.717, 1.165) is 30.4 Å². The van der Waals surface area contributed by atoms with Gasteiger partial charge in [0.2, 0.25) is 10.0 Å². The minimum absolute atomic E-state index is 0.0745. The third-order valence-electron chi connectivity index (χ3n) is 3.97. The minimum Gasteiger partial charge on any atom is -0.249 e. The number of fused-ring (bicyclic) bond motifs is 1. The van der Waals surface area contributed by atoms with E-state index in [9.17, 15) is 13.2 Å². The van der Waals surface area contributed by atoms with E-state index in [2.05, 4.69) is 5.10 Å². The van der Waals surface area contributed by atoms with E-state index in [-0.39, 0.29) is 11.4 Å². The minimum atomic E-state index is -3.63. The molecule has 0 radical (unpaired) electrons. The quantitative estimate of drug-likeness (QED) is 0.817. The topological polar surface area (TPSA) is 100 Å². The van der Waals surface area contributed by atoms with Crippen molar-refractivity contribution in [1.82, 2.24) is 18.5 Å². The lowest BCUT2D eigenvalue weighted by molar-refractivity contribution is 0.423. The molecule has 0 atom stereocenters. The Morgan fingerprint density at radius 2 is 1.87 bits per heavy atom. The molecule has 1 fully saturated rings. The second kappa shape index (κ2) is 6.14. The Bertz CT molecular complexity index is 914. The molecule has 122 valence electrons. The van der Waals surface area contributed by atoms with Gasteiger partial charge in [0, 0.05) is 19.3 Å². The van der Waals surface area contributed by atoms with Gasteiger partial charge in [0.25, 0.3) is 0 Å². The second-order valence-corrected chi connectivity index (χ2v) is 7.45. The van der Waals surface area contributed by atoms with Crippen molar-refractivity contribution in [2.75, 3.05) is 13.1 Å². The number of nitriles is 1. The summed E-state index contributed by atoms with van der Waals surface area (Å²) in [6.07, 6.45) is 5.05. The van der Waals surface area contributed by atoms with Gasteiger partial charge in [-0.05, 0) is 25.0 Å². The summed E-state index contributed by atoms with van der Waals surface area (Å²) in [6.45, 7) is 0.834. The van der Waals surface area contributed by atoms with Crippen LogP contribution in [0.3, 0.4) is 0 Å². The molecule has 2 aromatic rings. The van der Waals surface area contributed by atoms with E-state index in [1.165, 1.54) is 27.0 Å². The molecule has 1 aliphatic heterocycles.